The summed E-state index contributed by atoms with van der Waals surface area (Å²) in [6.07, 6.45) is 4.74. The molecule has 0 bridgehead atoms. The number of rotatable bonds is 2. The molecule has 1 saturated heterocycles. The molecule has 1 fully saturated rings. The van der Waals surface area contributed by atoms with Gasteiger partial charge in [-0.1, -0.05) is 6.07 Å². The van der Waals surface area contributed by atoms with E-state index in [9.17, 15) is 9.59 Å². The van der Waals surface area contributed by atoms with Crippen LogP contribution in [0.25, 0.3) is 28.4 Å². The maximum absolute atomic E-state index is 11.6. The largest absolute Gasteiger partial charge is 0.463 e. The van der Waals surface area contributed by atoms with E-state index < -0.39 is 0 Å². The van der Waals surface area contributed by atoms with E-state index in [-0.39, 0.29) is 11.1 Å². The summed E-state index contributed by atoms with van der Waals surface area (Å²) < 4.78 is 5.41. The molecule has 0 atom stereocenters. The van der Waals surface area contributed by atoms with Crippen LogP contribution < -0.4 is 5.32 Å². The van der Waals surface area contributed by atoms with Gasteiger partial charge in [0.15, 0.2) is 5.76 Å². The van der Waals surface area contributed by atoms with Crippen LogP contribution in [0.3, 0.4) is 0 Å². The molecule has 2 amide bonds. The fourth-order valence-corrected chi connectivity index (χ4v) is 3.03. The van der Waals surface area contributed by atoms with Gasteiger partial charge in [0, 0.05) is 5.39 Å². The fraction of sp³-hybridized carbons (Fsp3) is 0. The van der Waals surface area contributed by atoms with E-state index in [2.05, 4.69) is 15.3 Å². The Hall–Kier alpha value is -2.93. The zero-order valence-electron chi connectivity index (χ0n) is 11.6. The second kappa shape index (κ2) is 5.36. The lowest BCUT2D eigenvalue weighted by atomic mass is 10.1. The molecule has 112 valence electrons. The average Bonchev–Trinajstić information content (AvgIpc) is 3.17. The van der Waals surface area contributed by atoms with Crippen LogP contribution in [0.15, 0.2) is 52.2 Å². The van der Waals surface area contributed by atoms with Crippen molar-refractivity contribution in [1.29, 1.82) is 0 Å². The highest BCUT2D eigenvalue weighted by molar-refractivity contribution is 8.18. The number of fused-ring (bicyclic) bond motifs is 1. The third kappa shape index (κ3) is 2.51. The molecule has 2 aromatic heterocycles. The first-order chi connectivity index (χ1) is 11.2. The highest BCUT2D eigenvalue weighted by Crippen LogP contribution is 2.29. The zero-order valence-corrected chi connectivity index (χ0v) is 12.5. The van der Waals surface area contributed by atoms with Crippen LogP contribution in [-0.2, 0) is 4.79 Å². The Morgan fingerprint density at radius 1 is 1.17 bits per heavy atom. The van der Waals surface area contributed by atoms with E-state index >= 15 is 0 Å². The van der Waals surface area contributed by atoms with Crippen molar-refractivity contribution < 1.29 is 14.0 Å². The molecule has 0 spiro atoms. The summed E-state index contributed by atoms with van der Waals surface area (Å²) >= 11 is 0.888. The summed E-state index contributed by atoms with van der Waals surface area (Å²) in [5, 5.41) is 2.69. The van der Waals surface area contributed by atoms with Crippen molar-refractivity contribution in [1.82, 2.24) is 15.3 Å². The Kier molecular flexibility index (Phi) is 3.20. The van der Waals surface area contributed by atoms with Crippen LogP contribution in [-0.4, -0.2) is 21.1 Å². The normalized spacial score (nSPS) is 16.3. The molecule has 3 heterocycles. The molecule has 0 aliphatic carbocycles. The Bertz CT molecular complexity index is 964. The second-order valence-corrected chi connectivity index (χ2v) is 5.84. The number of amides is 2. The van der Waals surface area contributed by atoms with Gasteiger partial charge in [0.2, 0.25) is 0 Å². The molecule has 23 heavy (non-hydrogen) atoms. The molecule has 1 aliphatic rings. The van der Waals surface area contributed by atoms with Crippen molar-refractivity contribution in [2.45, 2.75) is 0 Å². The standard InChI is InChI=1S/C16H9N3O3S/c20-15-13(23-16(21)19-15)7-9-3-4-11-10(6-9)14(18-8-17-11)12-2-1-5-22-12/h1-8H,(H,19,20,21)/b13-7+. The van der Waals surface area contributed by atoms with Gasteiger partial charge in [-0.15, -0.1) is 0 Å². The highest BCUT2D eigenvalue weighted by atomic mass is 32.2. The number of imide groups is 1. The molecule has 0 saturated carbocycles. The molecule has 4 rings (SSSR count). The van der Waals surface area contributed by atoms with Gasteiger partial charge in [-0.25, -0.2) is 9.97 Å². The Labute approximate surface area is 134 Å². The quantitative estimate of drug-likeness (QED) is 0.729. The summed E-state index contributed by atoms with van der Waals surface area (Å²) in [7, 11) is 0. The second-order valence-electron chi connectivity index (χ2n) is 4.83. The first-order valence-electron chi connectivity index (χ1n) is 6.74. The zero-order chi connectivity index (χ0) is 15.8. The van der Waals surface area contributed by atoms with Gasteiger partial charge in [0.1, 0.15) is 12.0 Å². The number of hydrogen-bond donors (Lipinski definition) is 1. The monoisotopic (exact) mass is 323 g/mol. The first kappa shape index (κ1) is 13.7. The van der Waals surface area contributed by atoms with Crippen molar-refractivity contribution in [3.8, 4) is 11.5 Å². The van der Waals surface area contributed by atoms with Gasteiger partial charge >= 0.3 is 0 Å². The maximum Gasteiger partial charge on any atom is 0.290 e. The van der Waals surface area contributed by atoms with E-state index in [0.717, 1.165) is 28.2 Å². The molecule has 7 heteroatoms. The minimum Gasteiger partial charge on any atom is -0.463 e. The number of nitrogens with zero attached hydrogens (tertiary/aromatic N) is 2. The van der Waals surface area contributed by atoms with Crippen LogP contribution >= 0.6 is 11.8 Å². The smallest absolute Gasteiger partial charge is 0.290 e. The van der Waals surface area contributed by atoms with Crippen LogP contribution in [0.2, 0.25) is 0 Å². The number of benzene rings is 1. The van der Waals surface area contributed by atoms with Crippen LogP contribution in [0.5, 0.6) is 0 Å². The van der Waals surface area contributed by atoms with E-state index in [1.165, 1.54) is 6.33 Å². The predicted molar refractivity (Wildman–Crippen MR) is 86.3 cm³/mol. The van der Waals surface area contributed by atoms with Gasteiger partial charge < -0.3 is 4.42 Å². The Morgan fingerprint density at radius 3 is 2.83 bits per heavy atom. The first-order valence-corrected chi connectivity index (χ1v) is 7.56. The van der Waals surface area contributed by atoms with Crippen molar-refractivity contribution >= 4 is 39.9 Å². The van der Waals surface area contributed by atoms with Crippen LogP contribution in [0.1, 0.15) is 5.56 Å². The number of carbonyl (C=O) groups is 2. The summed E-state index contributed by atoms with van der Waals surface area (Å²) in [5.41, 5.74) is 2.24. The minimum absolute atomic E-state index is 0.360. The average molecular weight is 323 g/mol. The highest BCUT2D eigenvalue weighted by Gasteiger charge is 2.25. The number of carbonyl (C=O) groups excluding carboxylic acids is 2. The lowest BCUT2D eigenvalue weighted by Gasteiger charge is -2.04. The van der Waals surface area contributed by atoms with Gasteiger partial charge in [-0.3, -0.25) is 14.9 Å². The van der Waals surface area contributed by atoms with Crippen molar-refractivity contribution in [2.75, 3.05) is 0 Å². The number of furan rings is 1. The number of hydrogen-bond acceptors (Lipinski definition) is 6. The molecular weight excluding hydrogens is 314 g/mol. The van der Waals surface area contributed by atoms with Gasteiger partial charge in [0.05, 0.1) is 16.7 Å². The minimum atomic E-state index is -0.379. The molecule has 0 unspecified atom stereocenters. The molecule has 3 aromatic rings. The van der Waals surface area contributed by atoms with E-state index in [4.69, 9.17) is 4.42 Å². The van der Waals surface area contributed by atoms with E-state index in [1.807, 2.05) is 24.3 Å². The van der Waals surface area contributed by atoms with Crippen LogP contribution in [0.4, 0.5) is 4.79 Å². The van der Waals surface area contributed by atoms with E-state index in [1.54, 1.807) is 18.4 Å². The number of thioether (sulfide) groups is 1. The topological polar surface area (TPSA) is 85.1 Å². The molecular formula is C16H9N3O3S. The van der Waals surface area contributed by atoms with Gasteiger partial charge in [0.25, 0.3) is 11.1 Å². The molecule has 0 radical (unpaired) electrons. The summed E-state index contributed by atoms with van der Waals surface area (Å²) in [6, 6.07) is 9.17. The van der Waals surface area contributed by atoms with Crippen molar-refractivity contribution in [2.24, 2.45) is 0 Å². The maximum atomic E-state index is 11.6. The molecule has 6 nitrogen and oxygen atoms in total. The fourth-order valence-electron chi connectivity index (χ4n) is 2.35. The number of aromatic nitrogens is 2. The van der Waals surface area contributed by atoms with Crippen molar-refractivity contribution in [3.63, 3.8) is 0 Å². The number of nitrogens with one attached hydrogen (secondary N) is 1. The third-order valence-electron chi connectivity index (χ3n) is 3.35. The van der Waals surface area contributed by atoms with Gasteiger partial charge in [-0.05, 0) is 47.7 Å². The lowest BCUT2D eigenvalue weighted by Crippen LogP contribution is -2.17. The predicted octanol–water partition coefficient (Wildman–Crippen LogP) is 3.21. The summed E-state index contributed by atoms with van der Waals surface area (Å²) in [6.45, 7) is 0. The van der Waals surface area contributed by atoms with E-state index in [0.29, 0.717) is 16.4 Å². The molecule has 1 aliphatic heterocycles. The molecule has 1 aromatic carbocycles. The Morgan fingerprint density at radius 2 is 2.09 bits per heavy atom. The molecule has 1 N–H and O–H groups in total. The van der Waals surface area contributed by atoms with Crippen LogP contribution in [0, 0.1) is 0 Å². The Balaban J connectivity index is 1.84. The third-order valence-corrected chi connectivity index (χ3v) is 4.16. The summed E-state index contributed by atoms with van der Waals surface area (Å²) in [5.74, 6) is 0.265. The van der Waals surface area contributed by atoms with Gasteiger partial charge in [-0.2, -0.15) is 0 Å². The summed E-state index contributed by atoms with van der Waals surface area (Å²) in [4.78, 5) is 31.8. The van der Waals surface area contributed by atoms with Crippen molar-refractivity contribution in [3.05, 3.63) is 53.4 Å². The lowest BCUT2D eigenvalue weighted by molar-refractivity contribution is -0.115. The SMILES string of the molecule is O=C1NC(=O)/C(=C\c2ccc3ncnc(-c4ccco4)c3c2)S1.